The predicted molar refractivity (Wildman–Crippen MR) is 111 cm³/mol. The molecule has 0 amide bonds. The fourth-order valence-electron chi connectivity index (χ4n) is 2.91. The summed E-state index contributed by atoms with van der Waals surface area (Å²) < 4.78 is 5.20. The number of hydrogen-bond donors (Lipinski definition) is 2. The number of methoxy groups -OCH3 is 1. The molecule has 0 saturated carbocycles. The molecular weight excluding hydrogens is 336 g/mol. The third-order valence-corrected chi connectivity index (χ3v) is 4.38. The number of nitrogens with one attached hydrogen (secondary N) is 2. The molecule has 0 bridgehead atoms. The summed E-state index contributed by atoms with van der Waals surface area (Å²) in [6.07, 6.45) is 1.87. The topological polar surface area (TPSA) is 59.1 Å². The van der Waals surface area contributed by atoms with Gasteiger partial charge in [0.05, 0.1) is 7.11 Å². The third kappa shape index (κ3) is 5.20. The molecule has 3 aromatic rings. The zero-order chi connectivity index (χ0) is 19.1. The largest absolute Gasteiger partial charge is 0.497 e. The van der Waals surface area contributed by atoms with Crippen molar-refractivity contribution in [3.63, 3.8) is 0 Å². The Kier molecular flexibility index (Phi) is 6.26. The lowest BCUT2D eigenvalue weighted by molar-refractivity contribution is 0.414. The number of aryl methyl sites for hydroxylation is 2. The van der Waals surface area contributed by atoms with Crippen LogP contribution in [0, 0.1) is 6.92 Å². The first-order valence-corrected chi connectivity index (χ1v) is 9.25. The number of nitrogens with zero attached hydrogens (tertiary/aromatic N) is 2. The van der Waals surface area contributed by atoms with Crippen molar-refractivity contribution in [2.45, 2.75) is 26.7 Å². The minimum atomic E-state index is 0.614. The summed E-state index contributed by atoms with van der Waals surface area (Å²) >= 11 is 0. The Labute approximate surface area is 160 Å². The molecule has 27 heavy (non-hydrogen) atoms. The molecule has 0 fully saturated rings. The normalized spacial score (nSPS) is 10.5. The average Bonchev–Trinajstić information content (AvgIpc) is 2.68. The van der Waals surface area contributed by atoms with Gasteiger partial charge in [0.25, 0.3) is 0 Å². The van der Waals surface area contributed by atoms with Crippen LogP contribution >= 0.6 is 0 Å². The molecule has 1 aromatic heterocycles. The Morgan fingerprint density at radius 1 is 1.00 bits per heavy atom. The summed E-state index contributed by atoms with van der Waals surface area (Å²) in [5.74, 6) is 2.32. The van der Waals surface area contributed by atoms with Gasteiger partial charge < -0.3 is 15.4 Å². The van der Waals surface area contributed by atoms with Crippen LogP contribution in [0.5, 0.6) is 5.75 Å². The van der Waals surface area contributed by atoms with E-state index in [0.29, 0.717) is 5.95 Å². The van der Waals surface area contributed by atoms with Gasteiger partial charge in [-0.3, -0.25) is 0 Å². The molecule has 0 unspecified atom stereocenters. The van der Waals surface area contributed by atoms with Crippen molar-refractivity contribution in [1.82, 2.24) is 9.97 Å². The van der Waals surface area contributed by atoms with Gasteiger partial charge in [-0.2, -0.15) is 4.98 Å². The molecule has 0 spiro atoms. The smallest absolute Gasteiger partial charge is 0.229 e. The van der Waals surface area contributed by atoms with Crippen molar-refractivity contribution >= 4 is 17.5 Å². The summed E-state index contributed by atoms with van der Waals surface area (Å²) in [6, 6.07) is 18.3. The van der Waals surface area contributed by atoms with Crippen LogP contribution in [0.1, 0.15) is 23.7 Å². The van der Waals surface area contributed by atoms with Gasteiger partial charge in [0.2, 0.25) is 5.95 Å². The molecule has 5 nitrogen and oxygen atoms in total. The van der Waals surface area contributed by atoms with E-state index in [9.17, 15) is 0 Å². The Morgan fingerprint density at radius 3 is 2.52 bits per heavy atom. The van der Waals surface area contributed by atoms with Crippen LogP contribution in [-0.2, 0) is 12.8 Å². The van der Waals surface area contributed by atoms with E-state index in [4.69, 9.17) is 4.74 Å². The molecule has 140 valence electrons. The Bertz CT molecular complexity index is 878. The van der Waals surface area contributed by atoms with E-state index in [0.717, 1.165) is 42.3 Å². The van der Waals surface area contributed by atoms with Crippen LogP contribution in [-0.4, -0.2) is 23.6 Å². The summed E-state index contributed by atoms with van der Waals surface area (Å²) in [5, 5.41) is 6.74. The molecule has 0 saturated heterocycles. The van der Waals surface area contributed by atoms with Crippen LogP contribution < -0.4 is 15.4 Å². The highest BCUT2D eigenvalue weighted by Crippen LogP contribution is 2.20. The average molecular weight is 362 g/mol. The first-order chi connectivity index (χ1) is 13.2. The van der Waals surface area contributed by atoms with E-state index in [1.54, 1.807) is 7.11 Å². The minimum absolute atomic E-state index is 0.614. The molecule has 0 aliphatic carbocycles. The molecule has 0 aliphatic rings. The lowest BCUT2D eigenvalue weighted by atomic mass is 10.1. The second kappa shape index (κ2) is 9.03. The predicted octanol–water partition coefficient (Wildman–Crippen LogP) is 4.75. The fraction of sp³-hybridized carbons (Fsp3) is 0.273. The van der Waals surface area contributed by atoms with Gasteiger partial charge >= 0.3 is 0 Å². The quantitative estimate of drug-likeness (QED) is 0.605. The molecule has 0 atom stereocenters. The SMILES string of the molecule is CCc1ccccc1Nc1nc(C)cc(NCCc2ccc(OC)cc2)n1. The number of benzene rings is 2. The van der Waals surface area contributed by atoms with Crippen molar-refractivity contribution < 1.29 is 4.74 Å². The van der Waals surface area contributed by atoms with Crippen molar-refractivity contribution in [2.75, 3.05) is 24.3 Å². The summed E-state index contributed by atoms with van der Waals surface area (Å²) in [5.41, 5.74) is 4.48. The van der Waals surface area contributed by atoms with Gasteiger partial charge in [0, 0.05) is 24.0 Å². The van der Waals surface area contributed by atoms with Crippen LogP contribution in [0.15, 0.2) is 54.6 Å². The van der Waals surface area contributed by atoms with Crippen molar-refractivity contribution in [1.29, 1.82) is 0 Å². The highest BCUT2D eigenvalue weighted by Gasteiger charge is 2.05. The number of anilines is 3. The lowest BCUT2D eigenvalue weighted by Gasteiger charge is -2.12. The maximum absolute atomic E-state index is 5.20. The Hall–Kier alpha value is -3.08. The van der Waals surface area contributed by atoms with Crippen LogP contribution in [0.25, 0.3) is 0 Å². The van der Waals surface area contributed by atoms with Gasteiger partial charge in [0.15, 0.2) is 0 Å². The first-order valence-electron chi connectivity index (χ1n) is 9.25. The highest BCUT2D eigenvalue weighted by molar-refractivity contribution is 5.59. The maximum atomic E-state index is 5.20. The van der Waals surface area contributed by atoms with E-state index >= 15 is 0 Å². The Balaban J connectivity index is 1.64. The van der Waals surface area contributed by atoms with Crippen molar-refractivity contribution in [3.8, 4) is 5.75 Å². The molecule has 0 radical (unpaired) electrons. The van der Waals surface area contributed by atoms with Crippen LogP contribution in [0.4, 0.5) is 17.5 Å². The molecule has 2 aromatic carbocycles. The van der Waals surface area contributed by atoms with E-state index in [-0.39, 0.29) is 0 Å². The highest BCUT2D eigenvalue weighted by atomic mass is 16.5. The van der Waals surface area contributed by atoms with Gasteiger partial charge in [-0.05, 0) is 49.1 Å². The van der Waals surface area contributed by atoms with E-state index in [1.165, 1.54) is 11.1 Å². The summed E-state index contributed by atoms with van der Waals surface area (Å²) in [6.45, 7) is 4.92. The minimum Gasteiger partial charge on any atom is -0.497 e. The van der Waals surface area contributed by atoms with Crippen LogP contribution in [0.3, 0.4) is 0 Å². The van der Waals surface area contributed by atoms with E-state index in [1.807, 2.05) is 37.3 Å². The molecule has 0 aliphatic heterocycles. The van der Waals surface area contributed by atoms with Crippen molar-refractivity contribution in [2.24, 2.45) is 0 Å². The summed E-state index contributed by atoms with van der Waals surface area (Å²) in [4.78, 5) is 9.12. The first kappa shape index (κ1) is 18.7. The zero-order valence-corrected chi connectivity index (χ0v) is 16.1. The number of ether oxygens (including phenoxy) is 1. The van der Waals surface area contributed by atoms with Crippen LogP contribution in [0.2, 0.25) is 0 Å². The number of rotatable bonds is 8. The standard InChI is InChI=1S/C22H26N4O/c1-4-18-7-5-6-8-20(18)25-22-24-16(2)15-21(26-22)23-14-13-17-9-11-19(27-3)12-10-17/h5-12,15H,4,13-14H2,1-3H3,(H2,23,24,25,26). The number of hydrogen-bond acceptors (Lipinski definition) is 5. The summed E-state index contributed by atoms with van der Waals surface area (Å²) in [7, 11) is 1.68. The molecular formula is C22H26N4O. The molecule has 3 rings (SSSR count). The second-order valence-corrected chi connectivity index (χ2v) is 6.38. The lowest BCUT2D eigenvalue weighted by Crippen LogP contribution is -2.09. The third-order valence-electron chi connectivity index (χ3n) is 4.38. The second-order valence-electron chi connectivity index (χ2n) is 6.38. The Morgan fingerprint density at radius 2 is 1.78 bits per heavy atom. The monoisotopic (exact) mass is 362 g/mol. The van der Waals surface area contributed by atoms with Gasteiger partial charge in [-0.25, -0.2) is 4.98 Å². The van der Waals surface area contributed by atoms with E-state index < -0.39 is 0 Å². The van der Waals surface area contributed by atoms with E-state index in [2.05, 4.69) is 51.8 Å². The maximum Gasteiger partial charge on any atom is 0.229 e. The number of aromatic nitrogens is 2. The van der Waals surface area contributed by atoms with Gasteiger partial charge in [-0.15, -0.1) is 0 Å². The van der Waals surface area contributed by atoms with Gasteiger partial charge in [-0.1, -0.05) is 37.3 Å². The zero-order valence-electron chi connectivity index (χ0n) is 16.1. The van der Waals surface area contributed by atoms with Crippen molar-refractivity contribution in [3.05, 3.63) is 71.4 Å². The molecule has 2 N–H and O–H groups in total. The van der Waals surface area contributed by atoms with Gasteiger partial charge in [0.1, 0.15) is 11.6 Å². The number of para-hydroxylation sites is 1. The molecule has 1 heterocycles. The molecule has 5 heteroatoms. The fourth-order valence-corrected chi connectivity index (χ4v) is 2.91.